The molecule has 0 saturated carbocycles. The first-order chi connectivity index (χ1) is 11.6. The molecule has 2 aliphatic heterocycles. The summed E-state index contributed by atoms with van der Waals surface area (Å²) in [6.07, 6.45) is 5.56. The molecule has 0 unspecified atom stereocenters. The van der Waals surface area contributed by atoms with Crippen LogP contribution in [0.1, 0.15) is 23.2 Å². The molecule has 0 bridgehead atoms. The van der Waals surface area contributed by atoms with E-state index >= 15 is 0 Å². The van der Waals surface area contributed by atoms with Crippen molar-refractivity contribution in [3.05, 3.63) is 30.1 Å². The lowest BCUT2D eigenvalue weighted by atomic mass is 9.84. The van der Waals surface area contributed by atoms with E-state index in [4.69, 9.17) is 0 Å². The predicted octanol–water partition coefficient (Wildman–Crippen LogP) is 0.523. The molecule has 1 aromatic rings. The van der Waals surface area contributed by atoms with Gasteiger partial charge in [-0.25, -0.2) is 0 Å². The third kappa shape index (κ3) is 3.94. The number of hydrogen-bond acceptors (Lipinski definition) is 5. The quantitative estimate of drug-likeness (QED) is 0.872. The van der Waals surface area contributed by atoms with Gasteiger partial charge in [0.25, 0.3) is 5.91 Å². The van der Waals surface area contributed by atoms with Gasteiger partial charge >= 0.3 is 0 Å². The van der Waals surface area contributed by atoms with Crippen molar-refractivity contribution in [1.82, 2.24) is 25.0 Å². The topological polar surface area (TPSA) is 51.7 Å². The Balaban J connectivity index is 1.67. The van der Waals surface area contributed by atoms with E-state index < -0.39 is 0 Å². The minimum absolute atomic E-state index is 0.00447. The Labute approximate surface area is 144 Å². The highest BCUT2D eigenvalue weighted by atomic mass is 16.1. The second kappa shape index (κ2) is 7.59. The molecule has 3 heterocycles. The molecule has 3 rings (SSSR count). The number of nitrogens with one attached hydrogen (secondary N) is 1. The third-order valence-electron chi connectivity index (χ3n) is 5.61. The number of amides is 1. The van der Waals surface area contributed by atoms with Crippen LogP contribution in [0.5, 0.6) is 0 Å². The van der Waals surface area contributed by atoms with Crippen molar-refractivity contribution in [2.75, 3.05) is 59.9 Å². The number of rotatable bonds is 4. The van der Waals surface area contributed by atoms with Gasteiger partial charge < -0.3 is 15.1 Å². The van der Waals surface area contributed by atoms with Gasteiger partial charge in [0.1, 0.15) is 0 Å². The minimum Gasteiger partial charge on any atom is -0.350 e. The smallest absolute Gasteiger partial charge is 0.251 e. The number of aromatic nitrogens is 1. The summed E-state index contributed by atoms with van der Waals surface area (Å²) in [5.74, 6) is 0.00447. The number of piperidine rings is 1. The normalized spacial score (nSPS) is 23.1. The molecule has 0 aromatic carbocycles. The number of likely N-dealkylation sites (tertiary alicyclic amines) is 1. The maximum absolute atomic E-state index is 12.5. The van der Waals surface area contributed by atoms with Crippen molar-refractivity contribution in [3.8, 4) is 0 Å². The zero-order valence-corrected chi connectivity index (χ0v) is 14.9. The maximum Gasteiger partial charge on any atom is 0.251 e. The second-order valence-electron chi connectivity index (χ2n) is 7.24. The fourth-order valence-electron chi connectivity index (χ4n) is 3.77. The Hall–Kier alpha value is -1.50. The Morgan fingerprint density at radius 1 is 1.04 bits per heavy atom. The molecule has 132 valence electrons. The van der Waals surface area contributed by atoms with Gasteiger partial charge in [0.05, 0.1) is 0 Å². The second-order valence-corrected chi connectivity index (χ2v) is 7.24. The Morgan fingerprint density at radius 3 is 2.25 bits per heavy atom. The summed E-state index contributed by atoms with van der Waals surface area (Å²) >= 11 is 0. The first-order valence-electron chi connectivity index (χ1n) is 8.89. The Kier molecular flexibility index (Phi) is 5.48. The molecule has 0 atom stereocenters. The number of nitrogens with zero attached hydrogens (tertiary/aromatic N) is 4. The molecule has 0 radical (unpaired) electrons. The average molecular weight is 331 g/mol. The highest BCUT2D eigenvalue weighted by Gasteiger charge is 2.40. The van der Waals surface area contributed by atoms with Crippen molar-refractivity contribution in [1.29, 1.82) is 0 Å². The largest absolute Gasteiger partial charge is 0.350 e. The lowest BCUT2D eigenvalue weighted by molar-refractivity contribution is -0.000856. The molecule has 2 aliphatic rings. The monoisotopic (exact) mass is 331 g/mol. The summed E-state index contributed by atoms with van der Waals surface area (Å²) in [6, 6.07) is 3.54. The molecule has 1 aromatic heterocycles. The van der Waals surface area contributed by atoms with Crippen LogP contribution < -0.4 is 5.32 Å². The summed E-state index contributed by atoms with van der Waals surface area (Å²) in [5, 5.41) is 3.19. The summed E-state index contributed by atoms with van der Waals surface area (Å²) < 4.78 is 0. The molecule has 2 fully saturated rings. The van der Waals surface area contributed by atoms with Crippen LogP contribution in [0.4, 0.5) is 0 Å². The van der Waals surface area contributed by atoms with Gasteiger partial charge in [-0.15, -0.1) is 0 Å². The summed E-state index contributed by atoms with van der Waals surface area (Å²) in [7, 11) is 4.37. The number of carbonyl (C=O) groups is 1. The van der Waals surface area contributed by atoms with Crippen LogP contribution >= 0.6 is 0 Å². The van der Waals surface area contributed by atoms with E-state index in [-0.39, 0.29) is 11.4 Å². The zero-order chi connectivity index (χ0) is 17.0. The van der Waals surface area contributed by atoms with Crippen LogP contribution in [0, 0.1) is 0 Å². The van der Waals surface area contributed by atoms with E-state index in [1.165, 1.54) is 0 Å². The maximum atomic E-state index is 12.5. The molecule has 24 heavy (non-hydrogen) atoms. The van der Waals surface area contributed by atoms with Crippen LogP contribution in [-0.4, -0.2) is 91.0 Å². The summed E-state index contributed by atoms with van der Waals surface area (Å²) in [6.45, 7) is 7.31. The van der Waals surface area contributed by atoms with Crippen LogP contribution in [0.3, 0.4) is 0 Å². The number of pyridine rings is 1. The molecular weight excluding hydrogens is 302 g/mol. The highest BCUT2D eigenvalue weighted by Crippen LogP contribution is 2.29. The molecule has 1 N–H and O–H groups in total. The standard InChI is InChI=1S/C18H29N5O/c1-21-9-5-18(6-10-21,23-13-11-22(2)12-14-23)15-20-17(24)16-3-7-19-8-4-16/h3-4,7-8H,5-6,9-15H2,1-2H3,(H,20,24). The van der Waals surface area contributed by atoms with Gasteiger partial charge in [0, 0.05) is 56.2 Å². The number of carbonyl (C=O) groups excluding carboxylic acids is 1. The molecule has 6 heteroatoms. The predicted molar refractivity (Wildman–Crippen MR) is 95.1 cm³/mol. The van der Waals surface area contributed by atoms with Gasteiger partial charge in [-0.3, -0.25) is 14.7 Å². The fourth-order valence-corrected chi connectivity index (χ4v) is 3.77. The highest BCUT2D eigenvalue weighted by molar-refractivity contribution is 5.94. The first-order valence-corrected chi connectivity index (χ1v) is 8.89. The molecule has 1 amide bonds. The SMILES string of the molecule is CN1CCN(C2(CNC(=O)c3ccncc3)CCN(C)CC2)CC1. The lowest BCUT2D eigenvalue weighted by Crippen LogP contribution is -2.64. The number of hydrogen-bond donors (Lipinski definition) is 1. The van der Waals surface area contributed by atoms with E-state index in [1.807, 2.05) is 0 Å². The van der Waals surface area contributed by atoms with Crippen LogP contribution in [0.2, 0.25) is 0 Å². The van der Waals surface area contributed by atoms with Crippen molar-refractivity contribution in [2.24, 2.45) is 0 Å². The van der Waals surface area contributed by atoms with Gasteiger partial charge in [-0.1, -0.05) is 0 Å². The van der Waals surface area contributed by atoms with E-state index in [9.17, 15) is 4.79 Å². The first kappa shape index (κ1) is 17.3. The summed E-state index contributed by atoms with van der Waals surface area (Å²) in [4.78, 5) is 23.8. The van der Waals surface area contributed by atoms with Gasteiger partial charge in [-0.2, -0.15) is 0 Å². The Morgan fingerprint density at radius 2 is 1.62 bits per heavy atom. The van der Waals surface area contributed by atoms with Crippen molar-refractivity contribution >= 4 is 5.91 Å². The Bertz CT molecular complexity index is 534. The van der Waals surface area contributed by atoms with E-state index in [0.717, 1.165) is 58.7 Å². The third-order valence-corrected chi connectivity index (χ3v) is 5.61. The van der Waals surface area contributed by atoms with Crippen LogP contribution in [0.25, 0.3) is 0 Å². The zero-order valence-electron chi connectivity index (χ0n) is 14.9. The number of likely N-dealkylation sites (N-methyl/N-ethyl adjacent to an activating group) is 1. The van der Waals surface area contributed by atoms with Crippen LogP contribution in [0.15, 0.2) is 24.5 Å². The van der Waals surface area contributed by atoms with Crippen molar-refractivity contribution < 1.29 is 4.79 Å². The van der Waals surface area contributed by atoms with Crippen molar-refractivity contribution in [3.63, 3.8) is 0 Å². The minimum atomic E-state index is 0.00447. The number of piperazine rings is 1. The fraction of sp³-hybridized carbons (Fsp3) is 0.667. The van der Waals surface area contributed by atoms with E-state index in [1.54, 1.807) is 24.5 Å². The van der Waals surface area contributed by atoms with Gasteiger partial charge in [-0.05, 0) is 52.2 Å². The molecule has 0 spiro atoms. The van der Waals surface area contributed by atoms with Gasteiger partial charge in [0.15, 0.2) is 0 Å². The molecule has 2 saturated heterocycles. The van der Waals surface area contributed by atoms with E-state index in [2.05, 4.69) is 39.1 Å². The summed E-state index contributed by atoms with van der Waals surface area (Å²) in [5.41, 5.74) is 0.780. The molecule has 6 nitrogen and oxygen atoms in total. The molecular formula is C18H29N5O. The van der Waals surface area contributed by atoms with E-state index in [0.29, 0.717) is 5.56 Å². The molecule has 0 aliphatic carbocycles. The van der Waals surface area contributed by atoms with Crippen molar-refractivity contribution in [2.45, 2.75) is 18.4 Å². The van der Waals surface area contributed by atoms with Crippen LogP contribution in [-0.2, 0) is 0 Å². The van der Waals surface area contributed by atoms with Gasteiger partial charge in [0.2, 0.25) is 0 Å². The lowest BCUT2D eigenvalue weighted by Gasteiger charge is -2.51. The average Bonchev–Trinajstić information content (AvgIpc) is 2.63.